The number of amides is 2. The SMILES string of the molecule is CCCCN1C(=O)c2cccc3c(NC(=O)CCS(=O)(=O)Cc4ccccc4)ccc1c23. The second kappa shape index (κ2) is 9.12. The van der Waals surface area contributed by atoms with Gasteiger partial charge < -0.3 is 10.2 Å². The van der Waals surface area contributed by atoms with Crippen LogP contribution in [0.15, 0.2) is 60.7 Å². The summed E-state index contributed by atoms with van der Waals surface area (Å²) in [6.45, 7) is 2.74. The van der Waals surface area contributed by atoms with Crippen LogP contribution in [0.3, 0.4) is 0 Å². The molecule has 0 aliphatic carbocycles. The van der Waals surface area contributed by atoms with Gasteiger partial charge in [0.1, 0.15) is 0 Å². The molecular formula is C25H26N2O4S. The Hall–Kier alpha value is -3.19. The standard InChI is InChI=1S/C25H26N2O4S/c1-2-3-15-27-22-13-12-21(19-10-7-11-20(24(19)22)25(27)29)26-23(28)14-16-32(30,31)17-18-8-5-4-6-9-18/h4-13H,2-3,14-17H2,1H3,(H,26,28). The molecule has 1 aliphatic heterocycles. The molecule has 7 heteroatoms. The van der Waals surface area contributed by atoms with E-state index in [1.165, 1.54) is 0 Å². The minimum absolute atomic E-state index is 0.0190. The minimum Gasteiger partial charge on any atom is -0.325 e. The van der Waals surface area contributed by atoms with E-state index in [-0.39, 0.29) is 29.7 Å². The number of hydrogen-bond acceptors (Lipinski definition) is 4. The average Bonchev–Trinajstić information content (AvgIpc) is 3.06. The van der Waals surface area contributed by atoms with Crippen molar-refractivity contribution in [3.05, 3.63) is 71.8 Å². The van der Waals surface area contributed by atoms with Crippen LogP contribution in [0, 0.1) is 0 Å². The number of hydrogen-bond donors (Lipinski definition) is 1. The van der Waals surface area contributed by atoms with Crippen LogP contribution >= 0.6 is 0 Å². The molecule has 1 N–H and O–H groups in total. The number of nitrogens with zero attached hydrogens (tertiary/aromatic N) is 1. The third kappa shape index (κ3) is 4.53. The fraction of sp³-hybridized carbons (Fsp3) is 0.280. The van der Waals surface area contributed by atoms with Gasteiger partial charge in [0, 0.05) is 35.0 Å². The van der Waals surface area contributed by atoms with Crippen LogP contribution in [-0.2, 0) is 20.4 Å². The van der Waals surface area contributed by atoms with Gasteiger partial charge in [0.25, 0.3) is 5.91 Å². The van der Waals surface area contributed by atoms with Crippen molar-refractivity contribution in [2.45, 2.75) is 31.9 Å². The maximum Gasteiger partial charge on any atom is 0.258 e. The van der Waals surface area contributed by atoms with Crippen LogP contribution in [0.4, 0.5) is 11.4 Å². The van der Waals surface area contributed by atoms with Crippen LogP contribution in [0.25, 0.3) is 10.8 Å². The van der Waals surface area contributed by atoms with Gasteiger partial charge in [-0.15, -0.1) is 0 Å². The van der Waals surface area contributed by atoms with Crippen LogP contribution in [0.1, 0.15) is 42.1 Å². The van der Waals surface area contributed by atoms with Crippen molar-refractivity contribution < 1.29 is 18.0 Å². The lowest BCUT2D eigenvalue weighted by Crippen LogP contribution is -2.27. The largest absolute Gasteiger partial charge is 0.325 e. The van der Waals surface area contributed by atoms with Gasteiger partial charge >= 0.3 is 0 Å². The second-order valence-corrected chi connectivity index (χ2v) is 10.2. The predicted molar refractivity (Wildman–Crippen MR) is 128 cm³/mol. The third-order valence-electron chi connectivity index (χ3n) is 5.66. The molecule has 0 unspecified atom stereocenters. The summed E-state index contributed by atoms with van der Waals surface area (Å²) in [6.07, 6.45) is 1.78. The summed E-state index contributed by atoms with van der Waals surface area (Å²) >= 11 is 0. The van der Waals surface area contributed by atoms with Gasteiger partial charge in [-0.2, -0.15) is 0 Å². The highest BCUT2D eigenvalue weighted by atomic mass is 32.2. The fourth-order valence-corrected chi connectivity index (χ4v) is 5.40. The summed E-state index contributed by atoms with van der Waals surface area (Å²) in [6, 6.07) is 18.1. The average molecular weight is 451 g/mol. The summed E-state index contributed by atoms with van der Waals surface area (Å²) in [7, 11) is -3.40. The first-order chi connectivity index (χ1) is 15.4. The molecule has 0 atom stereocenters. The molecule has 6 nitrogen and oxygen atoms in total. The van der Waals surface area contributed by atoms with Crippen LogP contribution in [-0.4, -0.2) is 32.5 Å². The van der Waals surface area contributed by atoms with Crippen LogP contribution in [0.5, 0.6) is 0 Å². The Kier molecular flexibility index (Phi) is 6.28. The first-order valence-electron chi connectivity index (χ1n) is 10.8. The highest BCUT2D eigenvalue weighted by Crippen LogP contribution is 2.40. The van der Waals surface area contributed by atoms with Crippen molar-refractivity contribution in [1.29, 1.82) is 0 Å². The number of sulfone groups is 1. The number of anilines is 2. The Labute approximate surface area is 188 Å². The Morgan fingerprint density at radius 1 is 1.00 bits per heavy atom. The molecule has 2 amide bonds. The molecule has 0 radical (unpaired) electrons. The zero-order valence-electron chi connectivity index (χ0n) is 18.0. The van der Waals surface area contributed by atoms with E-state index in [4.69, 9.17) is 0 Å². The molecule has 3 aromatic carbocycles. The van der Waals surface area contributed by atoms with Gasteiger partial charge in [-0.1, -0.05) is 55.8 Å². The van der Waals surface area contributed by atoms with Gasteiger partial charge in [0.2, 0.25) is 5.91 Å². The number of unbranched alkanes of at least 4 members (excludes halogenated alkanes) is 1. The zero-order valence-corrected chi connectivity index (χ0v) is 18.8. The molecule has 4 rings (SSSR count). The Balaban J connectivity index is 1.49. The van der Waals surface area contributed by atoms with E-state index in [0.717, 1.165) is 29.3 Å². The third-order valence-corrected chi connectivity index (χ3v) is 7.26. The summed E-state index contributed by atoms with van der Waals surface area (Å²) in [5, 5.41) is 4.46. The summed E-state index contributed by atoms with van der Waals surface area (Å²) in [5.74, 6) is -0.695. The van der Waals surface area contributed by atoms with Gasteiger partial charge in [0.15, 0.2) is 9.84 Å². The highest BCUT2D eigenvalue weighted by Gasteiger charge is 2.30. The molecule has 1 heterocycles. The van der Waals surface area contributed by atoms with E-state index < -0.39 is 9.84 Å². The second-order valence-electron chi connectivity index (χ2n) is 8.05. The lowest BCUT2D eigenvalue weighted by Gasteiger charge is -2.17. The molecule has 1 aliphatic rings. The van der Waals surface area contributed by atoms with Gasteiger partial charge in [-0.3, -0.25) is 9.59 Å². The van der Waals surface area contributed by atoms with Gasteiger partial charge in [-0.05, 0) is 30.2 Å². The molecule has 0 saturated heterocycles. The monoisotopic (exact) mass is 450 g/mol. The van der Waals surface area contributed by atoms with Crippen molar-refractivity contribution in [1.82, 2.24) is 0 Å². The summed E-state index contributed by atoms with van der Waals surface area (Å²) in [5.41, 5.74) is 2.78. The van der Waals surface area contributed by atoms with E-state index in [0.29, 0.717) is 23.4 Å². The minimum atomic E-state index is -3.40. The molecule has 0 saturated carbocycles. The lowest BCUT2D eigenvalue weighted by molar-refractivity contribution is -0.115. The smallest absolute Gasteiger partial charge is 0.258 e. The number of rotatable bonds is 9. The Morgan fingerprint density at radius 2 is 1.78 bits per heavy atom. The normalized spacial score (nSPS) is 13.0. The topological polar surface area (TPSA) is 83.6 Å². The van der Waals surface area contributed by atoms with Gasteiger partial charge in [0.05, 0.1) is 17.2 Å². The van der Waals surface area contributed by atoms with E-state index in [1.54, 1.807) is 35.2 Å². The first kappa shape index (κ1) is 22.0. The van der Waals surface area contributed by atoms with Crippen LogP contribution < -0.4 is 10.2 Å². The predicted octanol–water partition coefficient (Wildman–Crippen LogP) is 4.54. The Bertz CT molecular complexity index is 1270. The molecule has 0 bridgehead atoms. The summed E-state index contributed by atoms with van der Waals surface area (Å²) in [4.78, 5) is 27.2. The van der Waals surface area contributed by atoms with Crippen molar-refractivity contribution in [2.75, 3.05) is 22.5 Å². The summed E-state index contributed by atoms with van der Waals surface area (Å²) < 4.78 is 24.8. The van der Waals surface area contributed by atoms with E-state index in [1.807, 2.05) is 30.3 Å². The molecular weight excluding hydrogens is 424 g/mol. The number of carbonyl (C=O) groups excluding carboxylic acids is 2. The fourth-order valence-electron chi connectivity index (χ4n) is 4.05. The number of benzene rings is 3. The number of nitrogens with one attached hydrogen (secondary N) is 1. The maximum atomic E-state index is 12.9. The van der Waals surface area contributed by atoms with Crippen molar-refractivity contribution in [3.8, 4) is 0 Å². The first-order valence-corrected chi connectivity index (χ1v) is 12.6. The van der Waals surface area contributed by atoms with E-state index >= 15 is 0 Å². The number of carbonyl (C=O) groups is 2. The lowest BCUT2D eigenvalue weighted by atomic mass is 10.0. The van der Waals surface area contributed by atoms with E-state index in [9.17, 15) is 18.0 Å². The zero-order chi connectivity index (χ0) is 22.7. The van der Waals surface area contributed by atoms with Gasteiger partial charge in [-0.25, -0.2) is 8.42 Å². The van der Waals surface area contributed by atoms with Crippen molar-refractivity contribution in [2.24, 2.45) is 0 Å². The molecule has 0 spiro atoms. The molecule has 166 valence electrons. The molecule has 3 aromatic rings. The Morgan fingerprint density at radius 3 is 2.53 bits per heavy atom. The van der Waals surface area contributed by atoms with Crippen molar-refractivity contribution >= 4 is 43.8 Å². The van der Waals surface area contributed by atoms with E-state index in [2.05, 4.69) is 12.2 Å². The molecule has 0 fully saturated rings. The molecule has 0 aromatic heterocycles. The maximum absolute atomic E-state index is 12.9. The highest BCUT2D eigenvalue weighted by molar-refractivity contribution is 7.90. The quantitative estimate of drug-likeness (QED) is 0.519. The van der Waals surface area contributed by atoms with Crippen molar-refractivity contribution in [3.63, 3.8) is 0 Å². The molecule has 32 heavy (non-hydrogen) atoms. The van der Waals surface area contributed by atoms with Crippen LogP contribution in [0.2, 0.25) is 0 Å².